The molecule has 24 heavy (non-hydrogen) atoms. The van der Waals surface area contributed by atoms with E-state index >= 15 is 0 Å². The van der Waals surface area contributed by atoms with Gasteiger partial charge in [-0.1, -0.05) is 17.7 Å². The van der Waals surface area contributed by atoms with Crippen LogP contribution in [0.4, 0.5) is 0 Å². The lowest BCUT2D eigenvalue weighted by molar-refractivity contribution is 0.322. The van der Waals surface area contributed by atoms with Crippen LogP contribution in [0.25, 0.3) is 0 Å². The summed E-state index contributed by atoms with van der Waals surface area (Å²) >= 11 is 7.62. The third-order valence-electron chi connectivity index (χ3n) is 3.10. The fourth-order valence-corrected chi connectivity index (χ4v) is 3.07. The first-order chi connectivity index (χ1) is 11.1. The third kappa shape index (κ3) is 6.82. The van der Waals surface area contributed by atoms with Crippen LogP contribution < -0.4 is 15.4 Å². The predicted octanol–water partition coefficient (Wildman–Crippen LogP) is 3.78. The molecule has 5 nitrogen and oxygen atoms in total. The number of nitrogens with zero attached hydrogens (tertiary/aromatic N) is 2. The van der Waals surface area contributed by atoms with Crippen molar-refractivity contribution >= 4 is 52.9 Å². The van der Waals surface area contributed by atoms with Crippen LogP contribution in [0.15, 0.2) is 29.3 Å². The molecule has 0 aliphatic heterocycles. The Kier molecular flexibility index (Phi) is 9.38. The summed E-state index contributed by atoms with van der Waals surface area (Å²) in [5, 5.41) is 8.25. The SMILES string of the molecule is CN=C(NCCOc1cccc(Cl)c1)NCc1sc(C)nc1C.I. The van der Waals surface area contributed by atoms with E-state index in [0.717, 1.165) is 22.4 Å². The Bertz CT molecular complexity index is 678. The highest BCUT2D eigenvalue weighted by molar-refractivity contribution is 14.0. The van der Waals surface area contributed by atoms with Crippen LogP contribution >= 0.6 is 46.9 Å². The number of aromatic nitrogens is 1. The summed E-state index contributed by atoms with van der Waals surface area (Å²) in [6.45, 7) is 5.93. The summed E-state index contributed by atoms with van der Waals surface area (Å²) in [5.41, 5.74) is 1.07. The molecule has 0 spiro atoms. The standard InChI is InChI=1S/C16H21ClN4OS.HI/c1-11-15(23-12(2)21-11)10-20-16(18-3)19-7-8-22-14-6-4-5-13(17)9-14;/h4-6,9H,7-8,10H2,1-3H3,(H2,18,19,20);1H. The number of hydrogen-bond donors (Lipinski definition) is 2. The number of rotatable bonds is 6. The summed E-state index contributed by atoms with van der Waals surface area (Å²) in [6, 6.07) is 7.36. The Labute approximate surface area is 168 Å². The number of thiazole rings is 1. The van der Waals surface area contributed by atoms with E-state index in [-0.39, 0.29) is 24.0 Å². The second kappa shape index (κ2) is 10.7. The zero-order chi connectivity index (χ0) is 16.7. The maximum atomic E-state index is 5.92. The quantitative estimate of drug-likeness (QED) is 0.286. The van der Waals surface area contributed by atoms with Gasteiger partial charge in [-0.2, -0.15) is 0 Å². The highest BCUT2D eigenvalue weighted by Gasteiger charge is 2.05. The van der Waals surface area contributed by atoms with Crippen LogP contribution in [0.1, 0.15) is 15.6 Å². The Hall–Kier alpha value is -1.06. The van der Waals surface area contributed by atoms with Gasteiger partial charge in [-0.25, -0.2) is 4.98 Å². The van der Waals surface area contributed by atoms with Crippen LogP contribution in [0.3, 0.4) is 0 Å². The molecule has 0 aliphatic rings. The summed E-state index contributed by atoms with van der Waals surface area (Å²) < 4.78 is 5.63. The minimum absolute atomic E-state index is 0. The molecule has 0 saturated carbocycles. The van der Waals surface area contributed by atoms with Gasteiger partial charge >= 0.3 is 0 Å². The molecule has 0 aliphatic carbocycles. The van der Waals surface area contributed by atoms with E-state index < -0.39 is 0 Å². The molecule has 1 aromatic heterocycles. The minimum atomic E-state index is 0. The van der Waals surface area contributed by atoms with Crippen molar-refractivity contribution < 1.29 is 4.74 Å². The summed E-state index contributed by atoms with van der Waals surface area (Å²) in [5.74, 6) is 1.50. The molecule has 2 N–H and O–H groups in total. The van der Waals surface area contributed by atoms with Gasteiger partial charge in [0.05, 0.1) is 23.8 Å². The molecule has 0 unspecified atom stereocenters. The molecule has 0 saturated heterocycles. The van der Waals surface area contributed by atoms with Crippen molar-refractivity contribution in [3.63, 3.8) is 0 Å². The number of nitrogens with one attached hydrogen (secondary N) is 2. The second-order valence-corrected chi connectivity index (χ2v) is 6.62. The number of aryl methyl sites for hydroxylation is 2. The van der Waals surface area contributed by atoms with Crippen molar-refractivity contribution in [1.82, 2.24) is 15.6 Å². The van der Waals surface area contributed by atoms with Crippen LogP contribution in [0.2, 0.25) is 5.02 Å². The van der Waals surface area contributed by atoms with Gasteiger partial charge in [-0.05, 0) is 32.0 Å². The highest BCUT2D eigenvalue weighted by Crippen LogP contribution is 2.17. The number of halogens is 2. The Morgan fingerprint density at radius 1 is 1.33 bits per heavy atom. The van der Waals surface area contributed by atoms with Crippen molar-refractivity contribution in [2.45, 2.75) is 20.4 Å². The predicted molar refractivity (Wildman–Crippen MR) is 112 cm³/mol. The van der Waals surface area contributed by atoms with Crippen molar-refractivity contribution in [3.05, 3.63) is 44.9 Å². The van der Waals surface area contributed by atoms with Crippen molar-refractivity contribution in [3.8, 4) is 5.75 Å². The Morgan fingerprint density at radius 3 is 2.75 bits per heavy atom. The van der Waals surface area contributed by atoms with Crippen molar-refractivity contribution in [2.24, 2.45) is 4.99 Å². The van der Waals surface area contributed by atoms with Crippen LogP contribution in [-0.4, -0.2) is 31.1 Å². The molecule has 0 fully saturated rings. The van der Waals surface area contributed by atoms with Gasteiger partial charge < -0.3 is 15.4 Å². The molecule has 0 atom stereocenters. The lowest BCUT2D eigenvalue weighted by Crippen LogP contribution is -2.38. The van der Waals surface area contributed by atoms with Gasteiger partial charge in [0.25, 0.3) is 0 Å². The average Bonchev–Trinajstić information content (AvgIpc) is 2.84. The van der Waals surface area contributed by atoms with Gasteiger partial charge in [0.1, 0.15) is 12.4 Å². The number of hydrogen-bond acceptors (Lipinski definition) is 4. The van der Waals surface area contributed by atoms with E-state index in [1.54, 1.807) is 24.5 Å². The Morgan fingerprint density at radius 2 is 2.12 bits per heavy atom. The number of guanidine groups is 1. The third-order valence-corrected chi connectivity index (χ3v) is 4.41. The molecule has 1 aromatic carbocycles. The number of aliphatic imine (C=N–C) groups is 1. The van der Waals surface area contributed by atoms with Crippen LogP contribution in [0, 0.1) is 13.8 Å². The summed E-state index contributed by atoms with van der Waals surface area (Å²) in [6.07, 6.45) is 0. The summed E-state index contributed by atoms with van der Waals surface area (Å²) in [4.78, 5) is 9.84. The largest absolute Gasteiger partial charge is 0.492 e. The average molecular weight is 481 g/mol. The molecule has 2 rings (SSSR count). The molecule has 2 aromatic rings. The fourth-order valence-electron chi connectivity index (χ4n) is 2.02. The normalized spacial score (nSPS) is 10.9. The monoisotopic (exact) mass is 480 g/mol. The van der Waals surface area contributed by atoms with Crippen LogP contribution in [-0.2, 0) is 6.54 Å². The van der Waals surface area contributed by atoms with Gasteiger partial charge in [0, 0.05) is 16.9 Å². The van der Waals surface area contributed by atoms with Crippen molar-refractivity contribution in [2.75, 3.05) is 20.2 Å². The molecule has 0 amide bonds. The van der Waals surface area contributed by atoms with E-state index in [0.29, 0.717) is 24.7 Å². The zero-order valence-electron chi connectivity index (χ0n) is 13.9. The molecule has 8 heteroatoms. The lowest BCUT2D eigenvalue weighted by atomic mass is 10.3. The van der Waals surface area contributed by atoms with Gasteiger partial charge in [-0.3, -0.25) is 4.99 Å². The van der Waals surface area contributed by atoms with E-state index in [4.69, 9.17) is 16.3 Å². The number of ether oxygens (including phenoxy) is 1. The molecular formula is C16H22ClIN4OS. The van der Waals surface area contributed by atoms with Crippen LogP contribution in [0.5, 0.6) is 5.75 Å². The molecule has 0 bridgehead atoms. The lowest BCUT2D eigenvalue weighted by Gasteiger charge is -2.12. The fraction of sp³-hybridized carbons (Fsp3) is 0.375. The molecule has 0 radical (unpaired) electrons. The molecule has 1 heterocycles. The molecule has 132 valence electrons. The van der Waals surface area contributed by atoms with Crippen molar-refractivity contribution in [1.29, 1.82) is 0 Å². The minimum Gasteiger partial charge on any atom is -0.492 e. The van der Waals surface area contributed by atoms with Gasteiger partial charge in [-0.15, -0.1) is 35.3 Å². The number of benzene rings is 1. The maximum Gasteiger partial charge on any atom is 0.191 e. The van der Waals surface area contributed by atoms with E-state index in [1.165, 1.54) is 4.88 Å². The van der Waals surface area contributed by atoms with Gasteiger partial charge in [0.15, 0.2) is 5.96 Å². The second-order valence-electron chi connectivity index (χ2n) is 4.90. The maximum absolute atomic E-state index is 5.92. The van der Waals surface area contributed by atoms with E-state index in [2.05, 4.69) is 20.6 Å². The topological polar surface area (TPSA) is 58.5 Å². The Balaban J connectivity index is 0.00000288. The van der Waals surface area contributed by atoms with Gasteiger partial charge in [0.2, 0.25) is 0 Å². The van der Waals surface area contributed by atoms with E-state index in [9.17, 15) is 0 Å². The smallest absolute Gasteiger partial charge is 0.191 e. The van der Waals surface area contributed by atoms with E-state index in [1.807, 2.05) is 32.0 Å². The first-order valence-corrected chi connectivity index (χ1v) is 8.53. The summed E-state index contributed by atoms with van der Waals surface area (Å²) in [7, 11) is 1.75. The first kappa shape index (κ1) is 21.0. The zero-order valence-corrected chi connectivity index (χ0v) is 17.8. The first-order valence-electron chi connectivity index (χ1n) is 7.34. The highest BCUT2D eigenvalue weighted by atomic mass is 127. The molecular weight excluding hydrogens is 459 g/mol.